The average molecular weight is 406 g/mol. The second kappa shape index (κ2) is 7.92. The van der Waals surface area contributed by atoms with E-state index in [1.165, 1.54) is 0 Å². The van der Waals surface area contributed by atoms with Crippen molar-refractivity contribution in [3.8, 4) is 17.5 Å². The molecule has 0 bridgehead atoms. The van der Waals surface area contributed by atoms with Gasteiger partial charge in [-0.3, -0.25) is 14.4 Å². The summed E-state index contributed by atoms with van der Waals surface area (Å²) in [6, 6.07) is 7.71. The van der Waals surface area contributed by atoms with Crippen molar-refractivity contribution in [2.75, 3.05) is 26.2 Å². The Balaban J connectivity index is 1.66. The smallest absolute Gasteiger partial charge is 0.254 e. The summed E-state index contributed by atoms with van der Waals surface area (Å²) in [5, 5.41) is 14.7. The van der Waals surface area contributed by atoms with Crippen LogP contribution in [-0.4, -0.2) is 62.7 Å². The van der Waals surface area contributed by atoms with Gasteiger partial charge in [0.1, 0.15) is 11.7 Å². The molecule has 4 rings (SSSR count). The maximum Gasteiger partial charge on any atom is 0.254 e. The van der Waals surface area contributed by atoms with Gasteiger partial charge >= 0.3 is 0 Å². The third kappa shape index (κ3) is 3.46. The maximum absolute atomic E-state index is 13.5. The van der Waals surface area contributed by atoms with Crippen molar-refractivity contribution in [3.05, 3.63) is 35.7 Å². The number of furan rings is 1. The monoisotopic (exact) mass is 406 g/mol. The van der Waals surface area contributed by atoms with Gasteiger partial charge < -0.3 is 9.32 Å². The van der Waals surface area contributed by atoms with Gasteiger partial charge in [-0.15, -0.1) is 0 Å². The number of aromatic nitrogens is 3. The molecule has 3 aromatic rings. The predicted molar refractivity (Wildman–Crippen MR) is 113 cm³/mol. The van der Waals surface area contributed by atoms with Crippen molar-refractivity contribution in [2.45, 2.75) is 26.8 Å². The normalized spacial score (nSPS) is 16.2. The molecule has 0 aliphatic carbocycles. The third-order valence-electron chi connectivity index (χ3n) is 5.73. The van der Waals surface area contributed by atoms with Crippen LogP contribution in [0, 0.1) is 24.2 Å². The molecule has 1 unspecified atom stereocenters. The number of nitrogens with zero attached hydrogens (tertiary/aromatic N) is 6. The first-order valence-electron chi connectivity index (χ1n) is 10.2. The Labute approximate surface area is 175 Å². The first kappa shape index (κ1) is 20.1. The van der Waals surface area contributed by atoms with Crippen LogP contribution in [0.3, 0.4) is 0 Å². The van der Waals surface area contributed by atoms with Crippen molar-refractivity contribution in [1.29, 1.82) is 5.26 Å². The first-order chi connectivity index (χ1) is 14.4. The van der Waals surface area contributed by atoms with Gasteiger partial charge in [0, 0.05) is 33.2 Å². The van der Waals surface area contributed by atoms with E-state index in [1.54, 1.807) is 23.1 Å². The molecule has 8 heteroatoms. The van der Waals surface area contributed by atoms with Crippen molar-refractivity contribution < 1.29 is 9.21 Å². The van der Waals surface area contributed by atoms with Crippen molar-refractivity contribution in [1.82, 2.24) is 24.6 Å². The number of pyridine rings is 1. The highest BCUT2D eigenvalue weighted by atomic mass is 16.3. The first-order valence-corrected chi connectivity index (χ1v) is 10.2. The fourth-order valence-corrected chi connectivity index (χ4v) is 4.19. The highest BCUT2D eigenvalue weighted by Crippen LogP contribution is 2.28. The summed E-state index contributed by atoms with van der Waals surface area (Å²) in [6.45, 7) is 8.55. The molecule has 1 amide bonds. The van der Waals surface area contributed by atoms with E-state index in [4.69, 9.17) is 4.42 Å². The number of nitriles is 1. The molecule has 4 heterocycles. The lowest BCUT2D eigenvalue weighted by Gasteiger charge is -2.38. The molecule has 3 aromatic heterocycles. The van der Waals surface area contributed by atoms with Gasteiger partial charge in [-0.05, 0) is 31.0 Å². The van der Waals surface area contributed by atoms with Gasteiger partial charge in [0.2, 0.25) is 0 Å². The lowest BCUT2D eigenvalue weighted by atomic mass is 10.0. The van der Waals surface area contributed by atoms with Crippen LogP contribution in [0.15, 0.2) is 28.9 Å². The Morgan fingerprint density at radius 2 is 2.00 bits per heavy atom. The summed E-state index contributed by atoms with van der Waals surface area (Å²) in [4.78, 5) is 22.2. The number of piperazine rings is 1. The van der Waals surface area contributed by atoms with Crippen LogP contribution in [0.5, 0.6) is 0 Å². The summed E-state index contributed by atoms with van der Waals surface area (Å²) in [6.07, 6.45) is 1.59. The number of rotatable bonds is 4. The molecular formula is C22H26N6O2. The van der Waals surface area contributed by atoms with Crippen LogP contribution < -0.4 is 0 Å². The molecule has 156 valence electrons. The van der Waals surface area contributed by atoms with E-state index in [9.17, 15) is 10.1 Å². The van der Waals surface area contributed by atoms with Crippen LogP contribution in [0.1, 0.15) is 29.9 Å². The van der Waals surface area contributed by atoms with Gasteiger partial charge in [-0.25, -0.2) is 4.98 Å². The fourth-order valence-electron chi connectivity index (χ4n) is 4.19. The standard InChI is InChI=1S/C22H26N6O2/c1-14(2)18(13-23)27-7-9-28(10-8-27)22(29)16-12-17(19-6-5-11-30-19)24-21-20(16)15(3)25-26(21)4/h5-6,11-12,14,18H,7-10H2,1-4H3. The molecule has 8 nitrogen and oxygen atoms in total. The van der Waals surface area contributed by atoms with E-state index in [0.717, 1.165) is 11.1 Å². The zero-order chi connectivity index (χ0) is 21.4. The summed E-state index contributed by atoms with van der Waals surface area (Å²) >= 11 is 0. The number of hydrogen-bond donors (Lipinski definition) is 0. The van der Waals surface area contributed by atoms with Crippen LogP contribution in [0.4, 0.5) is 0 Å². The zero-order valence-electron chi connectivity index (χ0n) is 17.8. The highest BCUT2D eigenvalue weighted by molar-refractivity contribution is 6.07. The van der Waals surface area contributed by atoms with E-state index in [0.29, 0.717) is 48.8 Å². The van der Waals surface area contributed by atoms with Gasteiger partial charge in [-0.2, -0.15) is 10.4 Å². The largest absolute Gasteiger partial charge is 0.463 e. The van der Waals surface area contributed by atoms with Crippen LogP contribution in [0.2, 0.25) is 0 Å². The molecule has 0 saturated carbocycles. The molecule has 1 atom stereocenters. The minimum absolute atomic E-state index is 0.0380. The summed E-state index contributed by atoms with van der Waals surface area (Å²) < 4.78 is 7.22. The Kier molecular flexibility index (Phi) is 5.31. The Bertz CT molecular complexity index is 1100. The zero-order valence-corrected chi connectivity index (χ0v) is 17.8. The second-order valence-corrected chi connectivity index (χ2v) is 8.09. The third-order valence-corrected chi connectivity index (χ3v) is 5.73. The Morgan fingerprint density at radius 3 is 2.60 bits per heavy atom. The Hall–Kier alpha value is -3.18. The van der Waals surface area contributed by atoms with Crippen molar-refractivity contribution >= 4 is 16.9 Å². The number of fused-ring (bicyclic) bond motifs is 1. The van der Waals surface area contributed by atoms with Gasteiger partial charge in [0.25, 0.3) is 5.91 Å². The second-order valence-electron chi connectivity index (χ2n) is 8.09. The quantitative estimate of drug-likeness (QED) is 0.662. The molecule has 1 saturated heterocycles. The number of carbonyl (C=O) groups is 1. The highest BCUT2D eigenvalue weighted by Gasteiger charge is 2.30. The van der Waals surface area contributed by atoms with Crippen molar-refractivity contribution in [2.24, 2.45) is 13.0 Å². The summed E-state index contributed by atoms with van der Waals surface area (Å²) in [5.41, 5.74) is 2.64. The van der Waals surface area contributed by atoms with Crippen LogP contribution >= 0.6 is 0 Å². The minimum Gasteiger partial charge on any atom is -0.463 e. The van der Waals surface area contributed by atoms with E-state index >= 15 is 0 Å². The lowest BCUT2D eigenvalue weighted by molar-refractivity contribution is 0.0578. The molecule has 0 radical (unpaired) electrons. The number of aryl methyl sites for hydroxylation is 2. The van der Waals surface area contributed by atoms with E-state index < -0.39 is 0 Å². The summed E-state index contributed by atoms with van der Waals surface area (Å²) in [5.74, 6) is 0.832. The molecule has 1 aliphatic rings. The maximum atomic E-state index is 13.5. The number of amides is 1. The minimum atomic E-state index is -0.124. The predicted octanol–water partition coefficient (Wildman–Crippen LogP) is 2.84. The van der Waals surface area contributed by atoms with Gasteiger partial charge in [0.15, 0.2) is 11.4 Å². The molecule has 0 spiro atoms. The van der Waals surface area contributed by atoms with E-state index in [1.807, 2.05) is 24.9 Å². The number of carbonyl (C=O) groups excluding carboxylic acids is 1. The Morgan fingerprint density at radius 1 is 1.27 bits per heavy atom. The van der Waals surface area contributed by atoms with Crippen molar-refractivity contribution in [3.63, 3.8) is 0 Å². The SMILES string of the molecule is Cc1nn(C)c2nc(-c3ccco3)cc(C(=O)N3CCN(C(C#N)C(C)C)CC3)c12. The fraction of sp³-hybridized carbons (Fsp3) is 0.455. The molecule has 0 aromatic carbocycles. The molecule has 0 N–H and O–H groups in total. The number of hydrogen-bond acceptors (Lipinski definition) is 6. The molecule has 1 fully saturated rings. The van der Waals surface area contributed by atoms with Crippen LogP contribution in [-0.2, 0) is 7.05 Å². The topological polar surface area (TPSA) is 91.2 Å². The van der Waals surface area contributed by atoms with Gasteiger partial charge in [0.05, 0.1) is 29.0 Å². The van der Waals surface area contributed by atoms with E-state index in [-0.39, 0.29) is 17.9 Å². The molecule has 30 heavy (non-hydrogen) atoms. The molecular weight excluding hydrogens is 380 g/mol. The van der Waals surface area contributed by atoms with Gasteiger partial charge in [-0.1, -0.05) is 13.8 Å². The van der Waals surface area contributed by atoms with Crippen LogP contribution in [0.25, 0.3) is 22.5 Å². The lowest BCUT2D eigenvalue weighted by Crippen LogP contribution is -2.52. The van der Waals surface area contributed by atoms with E-state index in [2.05, 4.69) is 34.9 Å². The summed E-state index contributed by atoms with van der Waals surface area (Å²) in [7, 11) is 1.83. The average Bonchev–Trinajstić information content (AvgIpc) is 3.36. The molecule has 1 aliphatic heterocycles.